The minimum Gasteiger partial charge on any atom is -0.464 e. The Morgan fingerprint density at radius 2 is 1.86 bits per heavy atom. The van der Waals surface area contributed by atoms with E-state index in [1.165, 1.54) is 0 Å². The number of benzene rings is 2. The molecule has 3 aromatic rings. The van der Waals surface area contributed by atoms with Gasteiger partial charge >= 0.3 is 5.97 Å². The highest BCUT2D eigenvalue weighted by Crippen LogP contribution is 2.25. The van der Waals surface area contributed by atoms with Crippen LogP contribution in [0, 0.1) is 25.2 Å². The summed E-state index contributed by atoms with van der Waals surface area (Å²) < 4.78 is 10.6. The van der Waals surface area contributed by atoms with Crippen molar-refractivity contribution in [3.8, 4) is 6.07 Å². The second kappa shape index (κ2) is 8.40. The lowest BCUT2D eigenvalue weighted by Crippen LogP contribution is -2.21. The molecule has 0 bridgehead atoms. The standard InChI is InChI=1S/C22H20N2O4/c1-14-9-19-17(12-27-20(19)10-15(14)2)11-22(26)28-13-21(25)24-18-5-3-16(4-6-18)7-8-23/h3-6,9-10,12H,7,11,13H2,1-2H3,(H,24,25). The average molecular weight is 376 g/mol. The Kier molecular flexibility index (Phi) is 5.75. The van der Waals surface area contributed by atoms with Crippen LogP contribution in [0.2, 0.25) is 0 Å². The lowest BCUT2D eigenvalue weighted by atomic mass is 10.0. The van der Waals surface area contributed by atoms with E-state index in [9.17, 15) is 9.59 Å². The van der Waals surface area contributed by atoms with Crippen molar-refractivity contribution in [1.82, 2.24) is 0 Å². The monoisotopic (exact) mass is 376 g/mol. The molecular formula is C22H20N2O4. The van der Waals surface area contributed by atoms with E-state index in [4.69, 9.17) is 14.4 Å². The minimum absolute atomic E-state index is 0.0334. The molecule has 0 fully saturated rings. The van der Waals surface area contributed by atoms with Crippen LogP contribution in [0.4, 0.5) is 5.69 Å². The van der Waals surface area contributed by atoms with E-state index in [0.717, 1.165) is 33.2 Å². The Labute approximate surface area is 162 Å². The molecule has 0 atom stereocenters. The normalized spacial score (nSPS) is 10.5. The van der Waals surface area contributed by atoms with Crippen molar-refractivity contribution in [3.05, 3.63) is 64.9 Å². The third-order valence-corrected chi connectivity index (χ3v) is 4.49. The predicted octanol–water partition coefficient (Wildman–Crippen LogP) is 3.84. The van der Waals surface area contributed by atoms with E-state index in [0.29, 0.717) is 12.1 Å². The van der Waals surface area contributed by atoms with Gasteiger partial charge in [-0.1, -0.05) is 12.1 Å². The number of rotatable bonds is 6. The molecule has 1 amide bonds. The van der Waals surface area contributed by atoms with Gasteiger partial charge in [0.2, 0.25) is 0 Å². The van der Waals surface area contributed by atoms with Gasteiger partial charge in [0, 0.05) is 16.6 Å². The van der Waals surface area contributed by atoms with Gasteiger partial charge in [-0.05, 0) is 54.8 Å². The number of aryl methyl sites for hydroxylation is 2. The van der Waals surface area contributed by atoms with Crippen molar-refractivity contribution in [1.29, 1.82) is 5.26 Å². The number of anilines is 1. The first-order valence-electron chi connectivity index (χ1n) is 8.85. The molecule has 0 saturated carbocycles. The number of nitriles is 1. The second-order valence-electron chi connectivity index (χ2n) is 6.61. The maximum atomic E-state index is 12.1. The molecule has 6 heteroatoms. The highest BCUT2D eigenvalue weighted by atomic mass is 16.5. The summed E-state index contributed by atoms with van der Waals surface area (Å²) in [4.78, 5) is 24.1. The Bertz CT molecular complexity index is 1060. The van der Waals surface area contributed by atoms with Crippen LogP contribution in [0.25, 0.3) is 11.0 Å². The molecule has 3 rings (SSSR count). The fourth-order valence-corrected chi connectivity index (χ4v) is 2.82. The van der Waals surface area contributed by atoms with Crippen molar-refractivity contribution in [2.24, 2.45) is 0 Å². The second-order valence-corrected chi connectivity index (χ2v) is 6.61. The number of hydrogen-bond acceptors (Lipinski definition) is 5. The number of furan rings is 1. The summed E-state index contributed by atoms with van der Waals surface area (Å²) in [5, 5.41) is 12.2. The number of nitrogens with zero attached hydrogens (tertiary/aromatic N) is 1. The summed E-state index contributed by atoms with van der Waals surface area (Å²) in [5.41, 5.74) is 5.14. The Morgan fingerprint density at radius 1 is 1.14 bits per heavy atom. The highest BCUT2D eigenvalue weighted by Gasteiger charge is 2.14. The van der Waals surface area contributed by atoms with Gasteiger partial charge in [0.1, 0.15) is 5.58 Å². The SMILES string of the molecule is Cc1cc2occ(CC(=O)OCC(=O)Nc3ccc(CC#N)cc3)c2cc1C. The molecular weight excluding hydrogens is 356 g/mol. The highest BCUT2D eigenvalue weighted by molar-refractivity contribution is 5.93. The van der Waals surface area contributed by atoms with Crippen molar-refractivity contribution in [2.75, 3.05) is 11.9 Å². The van der Waals surface area contributed by atoms with Crippen LogP contribution in [0.15, 0.2) is 47.1 Å². The smallest absolute Gasteiger partial charge is 0.310 e. The maximum absolute atomic E-state index is 12.1. The summed E-state index contributed by atoms with van der Waals surface area (Å²) in [6.45, 7) is 3.63. The fourth-order valence-electron chi connectivity index (χ4n) is 2.82. The third-order valence-electron chi connectivity index (χ3n) is 4.49. The zero-order valence-corrected chi connectivity index (χ0v) is 15.7. The minimum atomic E-state index is -0.500. The lowest BCUT2D eigenvalue weighted by Gasteiger charge is -2.07. The molecule has 0 radical (unpaired) electrons. The molecule has 6 nitrogen and oxygen atoms in total. The van der Waals surface area contributed by atoms with Crippen LogP contribution in [0.3, 0.4) is 0 Å². The molecule has 2 aromatic carbocycles. The summed E-state index contributed by atoms with van der Waals surface area (Å²) in [5.74, 6) is -0.926. The number of nitrogens with one attached hydrogen (secondary N) is 1. The molecule has 0 spiro atoms. The zero-order chi connectivity index (χ0) is 20.1. The summed E-state index contributed by atoms with van der Waals surface area (Å²) in [7, 11) is 0. The molecule has 28 heavy (non-hydrogen) atoms. The number of carbonyl (C=O) groups is 2. The first-order valence-corrected chi connectivity index (χ1v) is 8.85. The van der Waals surface area contributed by atoms with Gasteiger partial charge in [-0.25, -0.2) is 0 Å². The molecule has 0 saturated heterocycles. The average Bonchev–Trinajstić information content (AvgIpc) is 3.04. The first kappa shape index (κ1) is 19.2. The molecule has 1 heterocycles. The van der Waals surface area contributed by atoms with Crippen molar-refractivity contribution >= 4 is 28.5 Å². The summed E-state index contributed by atoms with van der Waals surface area (Å²) >= 11 is 0. The largest absolute Gasteiger partial charge is 0.464 e. The lowest BCUT2D eigenvalue weighted by molar-refractivity contribution is -0.146. The number of carbonyl (C=O) groups excluding carboxylic acids is 2. The molecule has 142 valence electrons. The van der Waals surface area contributed by atoms with Gasteiger partial charge in [0.15, 0.2) is 6.61 Å². The Morgan fingerprint density at radius 3 is 2.57 bits per heavy atom. The van der Waals surface area contributed by atoms with Crippen LogP contribution in [0.1, 0.15) is 22.3 Å². The number of esters is 1. The van der Waals surface area contributed by atoms with Gasteiger partial charge in [-0.2, -0.15) is 5.26 Å². The van der Waals surface area contributed by atoms with Gasteiger partial charge < -0.3 is 14.5 Å². The topological polar surface area (TPSA) is 92.3 Å². The predicted molar refractivity (Wildman–Crippen MR) is 105 cm³/mol. The summed E-state index contributed by atoms with van der Waals surface area (Å²) in [6.07, 6.45) is 1.90. The molecule has 0 unspecified atom stereocenters. The van der Waals surface area contributed by atoms with Gasteiger partial charge in [0.25, 0.3) is 5.91 Å². The quantitative estimate of drug-likeness (QED) is 0.660. The zero-order valence-electron chi connectivity index (χ0n) is 15.7. The number of fused-ring (bicyclic) bond motifs is 1. The van der Waals surface area contributed by atoms with Crippen LogP contribution in [-0.4, -0.2) is 18.5 Å². The summed E-state index contributed by atoms with van der Waals surface area (Å²) in [6, 6.07) is 12.9. The third kappa shape index (κ3) is 4.57. The Balaban J connectivity index is 1.53. The number of amides is 1. The van der Waals surface area contributed by atoms with Crippen LogP contribution >= 0.6 is 0 Å². The fraction of sp³-hybridized carbons (Fsp3) is 0.227. The van der Waals surface area contributed by atoms with Gasteiger partial charge in [-0.15, -0.1) is 0 Å². The number of hydrogen-bond donors (Lipinski definition) is 1. The molecule has 0 aliphatic carbocycles. The van der Waals surface area contributed by atoms with E-state index in [-0.39, 0.29) is 13.0 Å². The van der Waals surface area contributed by atoms with E-state index < -0.39 is 11.9 Å². The van der Waals surface area contributed by atoms with Crippen molar-refractivity contribution in [2.45, 2.75) is 26.7 Å². The van der Waals surface area contributed by atoms with Crippen LogP contribution in [-0.2, 0) is 27.2 Å². The van der Waals surface area contributed by atoms with E-state index in [2.05, 4.69) is 11.4 Å². The molecule has 0 aliphatic rings. The molecule has 0 aliphatic heterocycles. The van der Waals surface area contributed by atoms with Crippen molar-refractivity contribution in [3.63, 3.8) is 0 Å². The van der Waals surface area contributed by atoms with E-state index in [1.54, 1.807) is 30.5 Å². The van der Waals surface area contributed by atoms with Gasteiger partial charge in [0.05, 0.1) is 25.2 Å². The van der Waals surface area contributed by atoms with Crippen LogP contribution < -0.4 is 5.32 Å². The first-order chi connectivity index (χ1) is 13.5. The number of ether oxygens (including phenoxy) is 1. The van der Waals surface area contributed by atoms with Gasteiger partial charge in [-0.3, -0.25) is 9.59 Å². The maximum Gasteiger partial charge on any atom is 0.310 e. The van der Waals surface area contributed by atoms with E-state index >= 15 is 0 Å². The molecule has 1 N–H and O–H groups in total. The van der Waals surface area contributed by atoms with Crippen LogP contribution in [0.5, 0.6) is 0 Å². The van der Waals surface area contributed by atoms with E-state index in [1.807, 2.05) is 26.0 Å². The molecule has 1 aromatic heterocycles. The Hall–Kier alpha value is -3.59. The van der Waals surface area contributed by atoms with Crippen molar-refractivity contribution < 1.29 is 18.7 Å².